The van der Waals surface area contributed by atoms with Crippen molar-refractivity contribution in [3.05, 3.63) is 93.3 Å². The SMILES string of the molecule is O=C(/C=C/c1ccc(COc2ccc(Cl)cc2)o1)c1ccc(Br)cc1. The molecule has 0 spiro atoms. The van der Waals surface area contributed by atoms with E-state index < -0.39 is 0 Å². The summed E-state index contributed by atoms with van der Waals surface area (Å²) >= 11 is 9.18. The van der Waals surface area contributed by atoms with E-state index in [2.05, 4.69) is 15.9 Å². The molecule has 2 aromatic carbocycles. The first kappa shape index (κ1) is 17.5. The molecule has 0 saturated carbocycles. The van der Waals surface area contributed by atoms with Crippen LogP contribution in [0.4, 0.5) is 0 Å². The van der Waals surface area contributed by atoms with E-state index in [4.69, 9.17) is 20.8 Å². The third kappa shape index (κ3) is 5.08. The van der Waals surface area contributed by atoms with E-state index in [1.165, 1.54) is 6.08 Å². The van der Waals surface area contributed by atoms with Gasteiger partial charge in [0.15, 0.2) is 5.78 Å². The average Bonchev–Trinajstić information content (AvgIpc) is 3.08. The summed E-state index contributed by atoms with van der Waals surface area (Å²) < 4.78 is 12.2. The van der Waals surface area contributed by atoms with Gasteiger partial charge in [0, 0.05) is 15.1 Å². The molecule has 0 amide bonds. The molecular weight excluding hydrogens is 404 g/mol. The first-order valence-corrected chi connectivity index (χ1v) is 8.72. The molecule has 126 valence electrons. The molecule has 0 aliphatic rings. The van der Waals surface area contributed by atoms with Crippen molar-refractivity contribution < 1.29 is 13.9 Å². The van der Waals surface area contributed by atoms with Gasteiger partial charge in [-0.05, 0) is 72.8 Å². The minimum atomic E-state index is -0.0807. The number of ketones is 1. The Balaban J connectivity index is 1.58. The monoisotopic (exact) mass is 416 g/mol. The van der Waals surface area contributed by atoms with Crippen molar-refractivity contribution in [3.63, 3.8) is 0 Å². The van der Waals surface area contributed by atoms with Gasteiger partial charge in [0.1, 0.15) is 23.9 Å². The normalized spacial score (nSPS) is 11.0. The summed E-state index contributed by atoms with van der Waals surface area (Å²) in [5.74, 6) is 1.90. The largest absolute Gasteiger partial charge is 0.486 e. The lowest BCUT2D eigenvalue weighted by Gasteiger charge is -2.03. The zero-order valence-corrected chi connectivity index (χ0v) is 15.5. The zero-order valence-electron chi connectivity index (χ0n) is 13.1. The van der Waals surface area contributed by atoms with Gasteiger partial charge in [-0.1, -0.05) is 27.5 Å². The van der Waals surface area contributed by atoms with Crippen molar-refractivity contribution in [3.8, 4) is 5.75 Å². The fraction of sp³-hybridized carbons (Fsp3) is 0.0500. The second kappa shape index (κ2) is 8.19. The number of halogens is 2. The first-order chi connectivity index (χ1) is 12.1. The van der Waals surface area contributed by atoms with E-state index in [-0.39, 0.29) is 5.78 Å². The highest BCUT2D eigenvalue weighted by molar-refractivity contribution is 9.10. The predicted molar refractivity (Wildman–Crippen MR) is 102 cm³/mol. The third-order valence-corrected chi connectivity index (χ3v) is 4.19. The molecule has 25 heavy (non-hydrogen) atoms. The molecule has 0 bridgehead atoms. The molecule has 0 aliphatic heterocycles. The minimum absolute atomic E-state index is 0.0807. The van der Waals surface area contributed by atoms with Crippen LogP contribution >= 0.6 is 27.5 Å². The number of hydrogen-bond acceptors (Lipinski definition) is 3. The van der Waals surface area contributed by atoms with Crippen LogP contribution < -0.4 is 4.74 Å². The molecule has 0 radical (unpaired) electrons. The Morgan fingerprint density at radius 1 is 1.04 bits per heavy atom. The summed E-state index contributed by atoms with van der Waals surface area (Å²) in [6.07, 6.45) is 3.14. The number of benzene rings is 2. The molecule has 0 unspecified atom stereocenters. The maximum Gasteiger partial charge on any atom is 0.185 e. The summed E-state index contributed by atoms with van der Waals surface area (Å²) in [5, 5.41) is 0.660. The van der Waals surface area contributed by atoms with Crippen LogP contribution in [0, 0.1) is 0 Å². The fourth-order valence-electron chi connectivity index (χ4n) is 2.12. The van der Waals surface area contributed by atoms with Crippen molar-refractivity contribution in [1.29, 1.82) is 0 Å². The van der Waals surface area contributed by atoms with Crippen LogP contribution in [-0.2, 0) is 6.61 Å². The van der Waals surface area contributed by atoms with Crippen molar-refractivity contribution in [2.45, 2.75) is 6.61 Å². The molecule has 0 aliphatic carbocycles. The van der Waals surface area contributed by atoms with Gasteiger partial charge in [-0.3, -0.25) is 4.79 Å². The highest BCUT2D eigenvalue weighted by atomic mass is 79.9. The number of hydrogen-bond donors (Lipinski definition) is 0. The number of ether oxygens (including phenoxy) is 1. The number of furan rings is 1. The lowest BCUT2D eigenvalue weighted by molar-refractivity contribution is 0.104. The van der Waals surface area contributed by atoms with Crippen LogP contribution in [0.15, 0.2) is 75.6 Å². The summed E-state index contributed by atoms with van der Waals surface area (Å²) in [5.41, 5.74) is 0.623. The second-order valence-corrected chi connectivity index (χ2v) is 6.60. The van der Waals surface area contributed by atoms with E-state index >= 15 is 0 Å². The van der Waals surface area contributed by atoms with Gasteiger partial charge in [0.25, 0.3) is 0 Å². The molecule has 3 nitrogen and oxygen atoms in total. The third-order valence-electron chi connectivity index (χ3n) is 3.40. The van der Waals surface area contributed by atoms with Crippen LogP contribution in [-0.4, -0.2) is 5.78 Å². The maximum atomic E-state index is 12.1. The second-order valence-electron chi connectivity index (χ2n) is 5.25. The van der Waals surface area contributed by atoms with E-state index in [1.54, 1.807) is 48.5 Å². The number of rotatable bonds is 6. The van der Waals surface area contributed by atoms with Crippen LogP contribution in [0.5, 0.6) is 5.75 Å². The molecule has 1 heterocycles. The summed E-state index contributed by atoms with van der Waals surface area (Å²) in [6, 6.07) is 17.9. The Morgan fingerprint density at radius 2 is 1.76 bits per heavy atom. The summed E-state index contributed by atoms with van der Waals surface area (Å²) in [4.78, 5) is 12.1. The number of carbonyl (C=O) groups excluding carboxylic acids is 1. The van der Waals surface area contributed by atoms with E-state index in [9.17, 15) is 4.79 Å². The molecule has 3 rings (SSSR count). The summed E-state index contributed by atoms with van der Waals surface area (Å²) in [7, 11) is 0. The highest BCUT2D eigenvalue weighted by Crippen LogP contribution is 2.18. The van der Waals surface area contributed by atoms with E-state index in [1.807, 2.05) is 18.2 Å². The van der Waals surface area contributed by atoms with Crippen molar-refractivity contribution in [1.82, 2.24) is 0 Å². The van der Waals surface area contributed by atoms with Crippen LogP contribution in [0.1, 0.15) is 21.9 Å². The average molecular weight is 418 g/mol. The van der Waals surface area contributed by atoms with Crippen molar-refractivity contribution in [2.24, 2.45) is 0 Å². The molecule has 0 N–H and O–H groups in total. The smallest absolute Gasteiger partial charge is 0.185 e. The number of allylic oxidation sites excluding steroid dienone is 1. The van der Waals surface area contributed by atoms with Crippen molar-refractivity contribution in [2.75, 3.05) is 0 Å². The van der Waals surface area contributed by atoms with Gasteiger partial charge in [0.2, 0.25) is 0 Å². The molecule has 5 heteroatoms. The Kier molecular flexibility index (Phi) is 5.74. The topological polar surface area (TPSA) is 39.4 Å². The Morgan fingerprint density at radius 3 is 2.48 bits per heavy atom. The zero-order chi connectivity index (χ0) is 17.6. The van der Waals surface area contributed by atoms with Gasteiger partial charge in [0.05, 0.1) is 0 Å². The molecule has 1 aromatic heterocycles. The van der Waals surface area contributed by atoms with Gasteiger partial charge in [-0.2, -0.15) is 0 Å². The summed E-state index contributed by atoms with van der Waals surface area (Å²) in [6.45, 7) is 0.302. The molecule has 0 saturated heterocycles. The number of carbonyl (C=O) groups is 1. The lowest BCUT2D eigenvalue weighted by atomic mass is 10.1. The Bertz CT molecular complexity index is 880. The highest BCUT2D eigenvalue weighted by Gasteiger charge is 2.04. The standard InChI is InChI=1S/C20H14BrClO3/c21-15-3-1-14(2-4-15)20(23)12-11-18-9-10-19(25-18)13-24-17-7-5-16(22)6-8-17/h1-12H,13H2/b12-11+. The Hall–Kier alpha value is -2.30. The maximum absolute atomic E-state index is 12.1. The van der Waals surface area contributed by atoms with Gasteiger partial charge < -0.3 is 9.15 Å². The van der Waals surface area contributed by atoms with Gasteiger partial charge in [-0.15, -0.1) is 0 Å². The van der Waals surface area contributed by atoms with Crippen LogP contribution in [0.25, 0.3) is 6.08 Å². The first-order valence-electron chi connectivity index (χ1n) is 7.55. The predicted octanol–water partition coefficient (Wildman–Crippen LogP) is 6.17. The Labute approximate surface area is 159 Å². The van der Waals surface area contributed by atoms with Crippen molar-refractivity contribution >= 4 is 39.4 Å². The van der Waals surface area contributed by atoms with Gasteiger partial charge >= 0.3 is 0 Å². The van der Waals surface area contributed by atoms with E-state index in [0.29, 0.717) is 34.5 Å². The lowest BCUT2D eigenvalue weighted by Crippen LogP contribution is -1.93. The van der Waals surface area contributed by atoms with Crippen LogP contribution in [0.3, 0.4) is 0 Å². The molecule has 3 aromatic rings. The quantitative estimate of drug-likeness (QED) is 0.355. The minimum Gasteiger partial charge on any atom is -0.486 e. The molecule has 0 atom stereocenters. The molecule has 0 fully saturated rings. The van der Waals surface area contributed by atoms with E-state index in [0.717, 1.165) is 4.47 Å². The molecular formula is C20H14BrClO3. The van der Waals surface area contributed by atoms with Crippen LogP contribution in [0.2, 0.25) is 5.02 Å². The fourth-order valence-corrected chi connectivity index (χ4v) is 2.51. The van der Waals surface area contributed by atoms with Gasteiger partial charge in [-0.25, -0.2) is 0 Å².